The molecule has 0 fully saturated rings. The molecule has 1 aromatic carbocycles. The van der Waals surface area contributed by atoms with Gasteiger partial charge in [0.25, 0.3) is 0 Å². The molecule has 0 atom stereocenters. The summed E-state index contributed by atoms with van der Waals surface area (Å²) in [6.45, 7) is 2.55. The molecule has 1 aromatic heterocycles. The van der Waals surface area contributed by atoms with Crippen molar-refractivity contribution in [1.82, 2.24) is 4.98 Å². The molecule has 14 heavy (non-hydrogen) atoms. The zero-order chi connectivity index (χ0) is 10.1. The van der Waals surface area contributed by atoms with Gasteiger partial charge < -0.3 is 5.73 Å². The molecule has 72 valence electrons. The van der Waals surface area contributed by atoms with E-state index in [2.05, 4.69) is 4.98 Å². The summed E-state index contributed by atoms with van der Waals surface area (Å²) < 4.78 is 0. The Labute approximate surface area is 87.7 Å². The fraction of sp³-hybridized carbons (Fsp3) is 0.182. The number of benzene rings is 1. The van der Waals surface area contributed by atoms with Crippen molar-refractivity contribution in [3.05, 3.63) is 40.7 Å². The van der Waals surface area contributed by atoms with Crippen LogP contribution in [0.3, 0.4) is 0 Å². The number of halogens is 1. The first-order valence-corrected chi connectivity index (χ1v) is 4.84. The van der Waals surface area contributed by atoms with Gasteiger partial charge in [-0.1, -0.05) is 23.7 Å². The van der Waals surface area contributed by atoms with Gasteiger partial charge in [0.05, 0.1) is 0 Å². The number of nitrogens with two attached hydrogens (primary N) is 1. The van der Waals surface area contributed by atoms with Gasteiger partial charge >= 0.3 is 0 Å². The van der Waals surface area contributed by atoms with Gasteiger partial charge in [-0.15, -0.1) is 0 Å². The lowest BCUT2D eigenvalue weighted by molar-refractivity contribution is 1.07. The third kappa shape index (κ3) is 1.47. The second-order valence-electron chi connectivity index (χ2n) is 3.32. The predicted octanol–water partition coefficient (Wildman–Crippen LogP) is 2.66. The van der Waals surface area contributed by atoms with Gasteiger partial charge in [0, 0.05) is 18.1 Å². The fourth-order valence-electron chi connectivity index (χ4n) is 1.53. The number of rotatable bonds is 1. The maximum Gasteiger partial charge on any atom is 0.136 e. The lowest BCUT2D eigenvalue weighted by Gasteiger charge is -2.05. The van der Waals surface area contributed by atoms with Gasteiger partial charge in [-0.3, -0.25) is 0 Å². The van der Waals surface area contributed by atoms with Gasteiger partial charge in [0.15, 0.2) is 0 Å². The molecule has 0 aliphatic carbocycles. The fourth-order valence-corrected chi connectivity index (χ4v) is 1.73. The van der Waals surface area contributed by atoms with Crippen LogP contribution in [0.15, 0.2) is 24.4 Å². The summed E-state index contributed by atoms with van der Waals surface area (Å²) in [7, 11) is 0. The molecule has 0 aliphatic heterocycles. The van der Waals surface area contributed by atoms with Gasteiger partial charge in [-0.2, -0.15) is 0 Å². The molecule has 2 N–H and O–H groups in total. The summed E-state index contributed by atoms with van der Waals surface area (Å²) >= 11 is 6.01. The molecule has 0 radical (unpaired) electrons. The number of hydrogen-bond acceptors (Lipinski definition) is 2. The largest absolute Gasteiger partial charge is 0.326 e. The molecule has 0 bridgehead atoms. The number of hydrogen-bond donors (Lipinski definition) is 1. The Morgan fingerprint density at radius 3 is 2.86 bits per heavy atom. The first-order chi connectivity index (χ1) is 6.72. The molecule has 3 heteroatoms. The second kappa shape index (κ2) is 3.56. The number of nitrogens with zero attached hydrogens (tertiary/aromatic N) is 1. The molecule has 1 heterocycles. The van der Waals surface area contributed by atoms with Gasteiger partial charge in [-0.25, -0.2) is 4.98 Å². The quantitative estimate of drug-likeness (QED) is 0.729. The third-order valence-electron chi connectivity index (χ3n) is 2.34. The number of fused-ring (bicyclic) bond motifs is 1. The summed E-state index contributed by atoms with van der Waals surface area (Å²) in [5, 5.41) is 2.66. The first kappa shape index (κ1) is 9.44. The SMILES string of the molecule is Cc1cnc(Cl)c2cc(CN)ccc12. The first-order valence-electron chi connectivity index (χ1n) is 4.46. The topological polar surface area (TPSA) is 38.9 Å². The van der Waals surface area contributed by atoms with Crippen LogP contribution in [-0.2, 0) is 6.54 Å². The van der Waals surface area contributed by atoms with E-state index in [4.69, 9.17) is 17.3 Å². The normalized spacial score (nSPS) is 10.8. The molecular weight excluding hydrogens is 196 g/mol. The molecule has 0 aliphatic rings. The van der Waals surface area contributed by atoms with Crippen molar-refractivity contribution >= 4 is 22.4 Å². The van der Waals surface area contributed by atoms with Gasteiger partial charge in [-0.05, 0) is 29.5 Å². The monoisotopic (exact) mass is 206 g/mol. The number of aromatic nitrogens is 1. The zero-order valence-corrected chi connectivity index (χ0v) is 8.67. The van der Waals surface area contributed by atoms with Gasteiger partial charge in [0.2, 0.25) is 0 Å². The van der Waals surface area contributed by atoms with Crippen molar-refractivity contribution in [2.45, 2.75) is 13.5 Å². The van der Waals surface area contributed by atoms with E-state index in [1.165, 1.54) is 0 Å². The highest BCUT2D eigenvalue weighted by atomic mass is 35.5. The Bertz CT molecular complexity index is 480. The highest BCUT2D eigenvalue weighted by Crippen LogP contribution is 2.24. The Balaban J connectivity index is 2.80. The van der Waals surface area contributed by atoms with Crippen LogP contribution in [0.2, 0.25) is 5.15 Å². The third-order valence-corrected chi connectivity index (χ3v) is 2.64. The van der Waals surface area contributed by atoms with Crippen molar-refractivity contribution in [3.63, 3.8) is 0 Å². The van der Waals surface area contributed by atoms with E-state index >= 15 is 0 Å². The summed E-state index contributed by atoms with van der Waals surface area (Å²) in [5.41, 5.74) is 7.77. The van der Waals surface area contributed by atoms with Crippen LogP contribution >= 0.6 is 11.6 Å². The molecule has 0 saturated carbocycles. The molecular formula is C11H11ClN2. The highest BCUT2D eigenvalue weighted by Gasteiger charge is 2.03. The van der Waals surface area contributed by atoms with Crippen molar-refractivity contribution in [2.24, 2.45) is 5.73 Å². The summed E-state index contributed by atoms with van der Waals surface area (Å²) in [6, 6.07) is 6.06. The minimum Gasteiger partial charge on any atom is -0.326 e. The maximum atomic E-state index is 6.01. The van der Waals surface area contributed by atoms with E-state index in [1.807, 2.05) is 25.1 Å². The Morgan fingerprint density at radius 1 is 1.36 bits per heavy atom. The van der Waals surface area contributed by atoms with E-state index in [-0.39, 0.29) is 0 Å². The average Bonchev–Trinajstić information content (AvgIpc) is 2.23. The van der Waals surface area contributed by atoms with E-state index in [0.29, 0.717) is 11.7 Å². The van der Waals surface area contributed by atoms with Crippen molar-refractivity contribution in [2.75, 3.05) is 0 Å². The molecule has 0 amide bonds. The molecule has 2 nitrogen and oxygen atoms in total. The molecule has 0 saturated heterocycles. The van der Waals surface area contributed by atoms with Crippen LogP contribution in [0.1, 0.15) is 11.1 Å². The van der Waals surface area contributed by atoms with Gasteiger partial charge in [0.1, 0.15) is 5.15 Å². The van der Waals surface area contributed by atoms with Crippen LogP contribution in [0.5, 0.6) is 0 Å². The van der Waals surface area contributed by atoms with Crippen LogP contribution in [0, 0.1) is 6.92 Å². The molecule has 0 unspecified atom stereocenters. The Hall–Kier alpha value is -1.12. The number of pyridine rings is 1. The summed E-state index contributed by atoms with van der Waals surface area (Å²) in [6.07, 6.45) is 1.78. The lowest BCUT2D eigenvalue weighted by atomic mass is 10.1. The van der Waals surface area contributed by atoms with Crippen LogP contribution in [0.4, 0.5) is 0 Å². The highest BCUT2D eigenvalue weighted by molar-refractivity contribution is 6.34. The zero-order valence-electron chi connectivity index (χ0n) is 7.92. The molecule has 2 rings (SSSR count). The Morgan fingerprint density at radius 2 is 2.14 bits per heavy atom. The number of aryl methyl sites for hydroxylation is 1. The standard InChI is InChI=1S/C11H11ClN2/c1-7-6-14-11(12)10-4-8(5-13)2-3-9(7)10/h2-4,6H,5,13H2,1H3. The second-order valence-corrected chi connectivity index (χ2v) is 3.67. The van der Waals surface area contributed by atoms with Crippen LogP contribution < -0.4 is 5.73 Å². The van der Waals surface area contributed by atoms with Crippen LogP contribution in [0.25, 0.3) is 10.8 Å². The predicted molar refractivity (Wildman–Crippen MR) is 59.4 cm³/mol. The minimum atomic E-state index is 0.528. The smallest absolute Gasteiger partial charge is 0.136 e. The molecule has 2 aromatic rings. The van der Waals surface area contributed by atoms with Crippen LogP contribution in [-0.4, -0.2) is 4.98 Å². The summed E-state index contributed by atoms with van der Waals surface area (Å²) in [4.78, 5) is 4.11. The van der Waals surface area contributed by atoms with E-state index in [0.717, 1.165) is 21.9 Å². The Kier molecular flexibility index (Phi) is 2.40. The van der Waals surface area contributed by atoms with E-state index < -0.39 is 0 Å². The van der Waals surface area contributed by atoms with Crippen molar-refractivity contribution < 1.29 is 0 Å². The van der Waals surface area contributed by atoms with E-state index in [1.54, 1.807) is 6.20 Å². The summed E-state index contributed by atoms with van der Waals surface area (Å²) in [5.74, 6) is 0. The van der Waals surface area contributed by atoms with Crippen molar-refractivity contribution in [1.29, 1.82) is 0 Å². The lowest BCUT2D eigenvalue weighted by Crippen LogP contribution is -1.96. The van der Waals surface area contributed by atoms with Crippen molar-refractivity contribution in [3.8, 4) is 0 Å². The molecule has 0 spiro atoms. The van der Waals surface area contributed by atoms with E-state index in [9.17, 15) is 0 Å². The minimum absolute atomic E-state index is 0.528. The average molecular weight is 207 g/mol. The maximum absolute atomic E-state index is 6.01.